The highest BCUT2D eigenvalue weighted by molar-refractivity contribution is 7.89. The Morgan fingerprint density at radius 1 is 1.00 bits per heavy atom. The number of sulfonamides is 1. The highest BCUT2D eigenvalue weighted by atomic mass is 35.5. The van der Waals surface area contributed by atoms with Gasteiger partial charge in [0.1, 0.15) is 0 Å². The number of nitrogens with one attached hydrogen (secondary N) is 2. The van der Waals surface area contributed by atoms with E-state index in [1.807, 2.05) is 54.6 Å². The monoisotopic (exact) mass is 528 g/mol. The van der Waals surface area contributed by atoms with Crippen LogP contribution < -0.4 is 10.0 Å². The SMILES string of the molecule is O=C(N[C@H]1c2ccccc2C[C@H]1O)[C@H](Cc1ccccc1)C[C@H](O)CNS(=O)(=O)c1ccc(Cl)cc1. The van der Waals surface area contributed by atoms with Crippen LogP contribution in [0.4, 0.5) is 0 Å². The quantitative estimate of drug-likeness (QED) is 0.323. The van der Waals surface area contributed by atoms with Gasteiger partial charge >= 0.3 is 0 Å². The number of hydrogen-bond donors (Lipinski definition) is 4. The standard InChI is InChI=1S/C27H29ClN2O5S/c28-21-10-12-23(13-11-21)36(34,35)29-17-22(31)15-20(14-18-6-2-1-3-7-18)27(33)30-26-24-9-5-4-8-19(24)16-25(26)32/h1-13,20,22,25-26,29,31-32H,14-17H2,(H,30,33)/t20-,22+,25-,26+/m1/s1. The highest BCUT2D eigenvalue weighted by Crippen LogP contribution is 2.32. The molecular weight excluding hydrogens is 500 g/mol. The van der Waals surface area contributed by atoms with Crippen LogP contribution in [0.1, 0.15) is 29.2 Å². The largest absolute Gasteiger partial charge is 0.392 e. The number of aliphatic hydroxyl groups is 2. The fourth-order valence-corrected chi connectivity index (χ4v) is 5.71. The van der Waals surface area contributed by atoms with Crippen molar-refractivity contribution in [2.24, 2.45) is 5.92 Å². The summed E-state index contributed by atoms with van der Waals surface area (Å²) in [6.45, 7) is -0.252. The molecule has 0 spiro atoms. The van der Waals surface area contributed by atoms with Crippen molar-refractivity contribution in [3.05, 3.63) is 101 Å². The topological polar surface area (TPSA) is 116 Å². The normalized spacial score (nSPS) is 18.9. The van der Waals surface area contributed by atoms with E-state index in [0.29, 0.717) is 17.9 Å². The number of hydrogen-bond acceptors (Lipinski definition) is 5. The van der Waals surface area contributed by atoms with Crippen LogP contribution in [0.2, 0.25) is 5.02 Å². The van der Waals surface area contributed by atoms with E-state index >= 15 is 0 Å². The molecule has 4 N–H and O–H groups in total. The number of amides is 1. The van der Waals surface area contributed by atoms with Gasteiger partial charge in [0.05, 0.1) is 23.1 Å². The number of carbonyl (C=O) groups is 1. The number of carbonyl (C=O) groups excluding carboxylic acids is 1. The van der Waals surface area contributed by atoms with Crippen LogP contribution in [0.15, 0.2) is 83.8 Å². The summed E-state index contributed by atoms with van der Waals surface area (Å²) in [6, 6.07) is 22.2. The molecule has 0 aromatic heterocycles. The van der Waals surface area contributed by atoms with Gasteiger partial charge < -0.3 is 15.5 Å². The van der Waals surface area contributed by atoms with Gasteiger partial charge in [-0.2, -0.15) is 0 Å². The molecule has 190 valence electrons. The van der Waals surface area contributed by atoms with E-state index in [4.69, 9.17) is 11.6 Å². The molecule has 1 aliphatic rings. The molecule has 1 aliphatic carbocycles. The second-order valence-electron chi connectivity index (χ2n) is 9.04. The molecule has 0 unspecified atom stereocenters. The van der Waals surface area contributed by atoms with Crippen LogP contribution in [0.25, 0.3) is 0 Å². The lowest BCUT2D eigenvalue weighted by atomic mass is 9.92. The molecule has 0 saturated carbocycles. The van der Waals surface area contributed by atoms with E-state index in [9.17, 15) is 23.4 Å². The Morgan fingerprint density at radius 3 is 2.39 bits per heavy atom. The number of benzene rings is 3. The first-order valence-electron chi connectivity index (χ1n) is 11.8. The minimum absolute atomic E-state index is 0.0339. The van der Waals surface area contributed by atoms with Crippen molar-refractivity contribution < 1.29 is 23.4 Å². The van der Waals surface area contributed by atoms with Crippen molar-refractivity contribution in [2.75, 3.05) is 6.54 Å². The predicted molar refractivity (Wildman–Crippen MR) is 138 cm³/mol. The Balaban J connectivity index is 1.44. The number of halogens is 1. The summed E-state index contributed by atoms with van der Waals surface area (Å²) in [5.41, 5.74) is 2.79. The number of fused-ring (bicyclic) bond motifs is 1. The maximum Gasteiger partial charge on any atom is 0.240 e. The third-order valence-electron chi connectivity index (χ3n) is 6.39. The molecule has 0 aliphatic heterocycles. The minimum Gasteiger partial charge on any atom is -0.392 e. The first kappa shape index (κ1) is 26.3. The van der Waals surface area contributed by atoms with Crippen molar-refractivity contribution in [1.29, 1.82) is 0 Å². The second kappa shape index (κ2) is 11.5. The fourth-order valence-electron chi connectivity index (χ4n) is 4.52. The van der Waals surface area contributed by atoms with Crippen molar-refractivity contribution >= 4 is 27.5 Å². The summed E-state index contributed by atoms with van der Waals surface area (Å²) in [5.74, 6) is -0.943. The van der Waals surface area contributed by atoms with Gasteiger partial charge in [-0.3, -0.25) is 4.79 Å². The fraction of sp³-hybridized carbons (Fsp3) is 0.296. The van der Waals surface area contributed by atoms with E-state index < -0.39 is 34.2 Å². The van der Waals surface area contributed by atoms with Crippen molar-refractivity contribution in [3.8, 4) is 0 Å². The van der Waals surface area contributed by atoms with Gasteiger partial charge in [-0.05, 0) is 53.8 Å². The van der Waals surface area contributed by atoms with Gasteiger partial charge in [0.2, 0.25) is 15.9 Å². The molecular formula is C27H29ClN2O5S. The minimum atomic E-state index is -3.85. The summed E-state index contributed by atoms with van der Waals surface area (Å²) in [5, 5.41) is 24.6. The van der Waals surface area contributed by atoms with Gasteiger partial charge in [0, 0.05) is 23.9 Å². The van der Waals surface area contributed by atoms with Gasteiger partial charge in [-0.15, -0.1) is 0 Å². The maximum atomic E-state index is 13.4. The van der Waals surface area contributed by atoms with Crippen molar-refractivity contribution in [3.63, 3.8) is 0 Å². The Labute approximate surface area is 216 Å². The van der Waals surface area contributed by atoms with Crippen molar-refractivity contribution in [1.82, 2.24) is 10.0 Å². The average molecular weight is 529 g/mol. The molecule has 4 rings (SSSR count). The molecule has 0 radical (unpaired) electrons. The molecule has 9 heteroatoms. The Bertz CT molecular complexity index is 1290. The molecule has 0 saturated heterocycles. The van der Waals surface area contributed by atoms with E-state index in [1.165, 1.54) is 24.3 Å². The molecule has 3 aromatic carbocycles. The summed E-state index contributed by atoms with van der Waals surface area (Å²) in [7, 11) is -3.85. The zero-order chi connectivity index (χ0) is 25.7. The van der Waals surface area contributed by atoms with Gasteiger partial charge in [0.15, 0.2) is 0 Å². The summed E-state index contributed by atoms with van der Waals surface area (Å²) in [6.07, 6.45) is -0.987. The molecule has 1 amide bonds. The van der Waals surface area contributed by atoms with E-state index in [1.54, 1.807) is 0 Å². The zero-order valence-electron chi connectivity index (χ0n) is 19.5. The zero-order valence-corrected chi connectivity index (χ0v) is 21.1. The van der Waals surface area contributed by atoms with Crippen LogP contribution >= 0.6 is 11.6 Å². The first-order valence-corrected chi connectivity index (χ1v) is 13.6. The molecule has 3 aromatic rings. The average Bonchev–Trinajstić information content (AvgIpc) is 3.18. The van der Waals surface area contributed by atoms with Gasteiger partial charge in [0.25, 0.3) is 0 Å². The van der Waals surface area contributed by atoms with Crippen LogP contribution in [0.3, 0.4) is 0 Å². The lowest BCUT2D eigenvalue weighted by Gasteiger charge is -2.24. The second-order valence-corrected chi connectivity index (χ2v) is 11.2. The summed E-state index contributed by atoms with van der Waals surface area (Å²) in [4.78, 5) is 13.4. The van der Waals surface area contributed by atoms with Crippen LogP contribution in [-0.4, -0.2) is 43.3 Å². The van der Waals surface area contributed by atoms with Gasteiger partial charge in [-0.25, -0.2) is 13.1 Å². The lowest BCUT2D eigenvalue weighted by molar-refractivity contribution is -0.127. The smallest absolute Gasteiger partial charge is 0.240 e. The molecule has 36 heavy (non-hydrogen) atoms. The summed E-state index contributed by atoms with van der Waals surface area (Å²) >= 11 is 5.83. The molecule has 0 fully saturated rings. The predicted octanol–water partition coefficient (Wildman–Crippen LogP) is 3.00. The van der Waals surface area contributed by atoms with Gasteiger partial charge in [-0.1, -0.05) is 66.2 Å². The summed E-state index contributed by atoms with van der Waals surface area (Å²) < 4.78 is 27.5. The van der Waals surface area contributed by atoms with Crippen LogP contribution in [0.5, 0.6) is 0 Å². The third-order valence-corrected chi connectivity index (χ3v) is 8.08. The Hall–Kier alpha value is -2.75. The highest BCUT2D eigenvalue weighted by Gasteiger charge is 2.34. The first-order chi connectivity index (χ1) is 17.2. The molecule has 0 heterocycles. The third kappa shape index (κ3) is 6.52. The van der Waals surface area contributed by atoms with E-state index in [2.05, 4.69) is 10.0 Å². The van der Waals surface area contributed by atoms with E-state index in [-0.39, 0.29) is 23.8 Å². The van der Waals surface area contributed by atoms with E-state index in [0.717, 1.165) is 16.7 Å². The molecule has 4 atom stereocenters. The Morgan fingerprint density at radius 2 is 1.67 bits per heavy atom. The molecule has 7 nitrogen and oxygen atoms in total. The molecule has 0 bridgehead atoms. The number of aliphatic hydroxyl groups excluding tert-OH is 2. The Kier molecular flexibility index (Phi) is 8.43. The van der Waals surface area contributed by atoms with Crippen LogP contribution in [0, 0.1) is 5.92 Å². The lowest BCUT2D eigenvalue weighted by Crippen LogP contribution is -2.41. The number of rotatable bonds is 10. The maximum absolute atomic E-state index is 13.4. The van der Waals surface area contributed by atoms with Crippen molar-refractivity contribution in [2.45, 2.75) is 42.4 Å². The van der Waals surface area contributed by atoms with Crippen LogP contribution in [-0.2, 0) is 27.7 Å².